The van der Waals surface area contributed by atoms with Gasteiger partial charge in [-0.25, -0.2) is 0 Å². The molecule has 3 aromatic carbocycles. The topological polar surface area (TPSA) is 51.5 Å². The molecule has 0 fully saturated rings. The maximum absolute atomic E-state index is 12.8. The zero-order chi connectivity index (χ0) is 19.3. The molecule has 4 nitrogen and oxygen atoms in total. The Hall–Kier alpha value is -3.79. The Bertz CT molecular complexity index is 1270. The third kappa shape index (κ3) is 2.42. The highest BCUT2D eigenvalue weighted by Crippen LogP contribution is 2.38. The van der Waals surface area contributed by atoms with Crippen molar-refractivity contribution in [2.24, 2.45) is 7.05 Å². The number of ether oxygens (including phenoxy) is 1. The van der Waals surface area contributed by atoms with Crippen molar-refractivity contribution in [1.82, 2.24) is 4.57 Å². The quantitative estimate of drug-likeness (QED) is 0.498. The number of phenolic OH excluding ortho intramolecular Hbond substituents is 1. The molecular weight excluding hydrogens is 350 g/mol. The highest BCUT2D eigenvalue weighted by Gasteiger charge is 2.28. The highest BCUT2D eigenvalue weighted by molar-refractivity contribution is 6.15. The number of hydrogen-bond acceptors (Lipinski definition) is 3. The van der Waals surface area contributed by atoms with Crippen LogP contribution in [0.15, 0.2) is 78.6 Å². The van der Waals surface area contributed by atoms with Gasteiger partial charge in [-0.1, -0.05) is 48.5 Å². The van der Waals surface area contributed by atoms with Gasteiger partial charge in [-0.05, 0) is 29.8 Å². The largest absolute Gasteiger partial charge is 0.508 e. The zero-order valence-electron chi connectivity index (χ0n) is 15.2. The van der Waals surface area contributed by atoms with Crippen LogP contribution in [0, 0.1) is 0 Å². The number of Topliss-reactive ketones (excluding diaryl/α,β-unsaturated/α-hetero) is 1. The molecule has 1 aliphatic rings. The minimum absolute atomic E-state index is 0.0722. The predicted molar refractivity (Wildman–Crippen MR) is 109 cm³/mol. The van der Waals surface area contributed by atoms with Crippen LogP contribution in [0.4, 0.5) is 0 Å². The Morgan fingerprint density at radius 1 is 0.964 bits per heavy atom. The molecule has 5 rings (SSSR count). The second-order valence-electron chi connectivity index (χ2n) is 6.82. The van der Waals surface area contributed by atoms with Crippen molar-refractivity contribution < 1.29 is 14.6 Å². The molecule has 1 aromatic heterocycles. The number of carbonyl (C=O) groups excluding carboxylic acids is 1. The van der Waals surface area contributed by atoms with Crippen LogP contribution in [0.5, 0.6) is 11.5 Å². The number of para-hydroxylation sites is 1. The molecule has 0 unspecified atom stereocenters. The van der Waals surface area contributed by atoms with Gasteiger partial charge in [0.2, 0.25) is 5.78 Å². The number of nitrogens with zero attached hydrogens (tertiary/aromatic N) is 1. The molecule has 0 saturated heterocycles. The summed E-state index contributed by atoms with van der Waals surface area (Å²) < 4.78 is 7.93. The van der Waals surface area contributed by atoms with Crippen molar-refractivity contribution >= 4 is 22.8 Å². The third-order valence-electron chi connectivity index (χ3n) is 5.12. The lowest BCUT2D eigenvalue weighted by Crippen LogP contribution is -1.99. The minimum Gasteiger partial charge on any atom is -0.508 e. The number of aromatic hydroxyl groups is 1. The molecule has 0 saturated carbocycles. The van der Waals surface area contributed by atoms with Crippen molar-refractivity contribution in [1.29, 1.82) is 0 Å². The van der Waals surface area contributed by atoms with Gasteiger partial charge in [0.05, 0.1) is 11.3 Å². The fourth-order valence-electron chi connectivity index (χ4n) is 3.82. The summed E-state index contributed by atoms with van der Waals surface area (Å²) in [5, 5.41) is 10.7. The molecule has 136 valence electrons. The number of carbonyl (C=O) groups is 1. The van der Waals surface area contributed by atoms with Crippen LogP contribution in [0.1, 0.15) is 15.9 Å². The maximum atomic E-state index is 12.8. The van der Waals surface area contributed by atoms with Crippen molar-refractivity contribution in [2.75, 3.05) is 0 Å². The number of aryl methyl sites for hydroxylation is 1. The van der Waals surface area contributed by atoms with Crippen LogP contribution >= 0.6 is 0 Å². The molecule has 4 aromatic rings. The van der Waals surface area contributed by atoms with Crippen molar-refractivity contribution in [3.8, 4) is 22.8 Å². The summed E-state index contributed by atoms with van der Waals surface area (Å²) in [5.74, 6) is 0.539. The molecular formula is C24H17NO3. The molecule has 0 aliphatic carbocycles. The molecule has 0 spiro atoms. The number of rotatable bonds is 2. The second kappa shape index (κ2) is 6.13. The van der Waals surface area contributed by atoms with Crippen LogP contribution in [-0.4, -0.2) is 15.5 Å². The molecule has 0 amide bonds. The number of benzene rings is 3. The second-order valence-corrected chi connectivity index (χ2v) is 6.82. The molecule has 28 heavy (non-hydrogen) atoms. The first kappa shape index (κ1) is 16.4. The highest BCUT2D eigenvalue weighted by atomic mass is 16.5. The Morgan fingerprint density at radius 3 is 2.54 bits per heavy atom. The van der Waals surface area contributed by atoms with Gasteiger partial charge in [0, 0.05) is 29.6 Å². The maximum Gasteiger partial charge on any atom is 0.231 e. The number of phenols is 1. The summed E-state index contributed by atoms with van der Waals surface area (Å²) in [6.45, 7) is 0. The van der Waals surface area contributed by atoms with Gasteiger partial charge < -0.3 is 14.4 Å². The minimum atomic E-state index is -0.179. The van der Waals surface area contributed by atoms with Crippen LogP contribution in [0.25, 0.3) is 28.2 Å². The lowest BCUT2D eigenvalue weighted by molar-refractivity contribution is 0.101. The Balaban J connectivity index is 1.74. The predicted octanol–water partition coefficient (Wildman–Crippen LogP) is 5.17. The molecule has 0 radical (unpaired) electrons. The van der Waals surface area contributed by atoms with Crippen molar-refractivity contribution in [3.63, 3.8) is 0 Å². The van der Waals surface area contributed by atoms with E-state index in [2.05, 4.69) is 22.8 Å². The smallest absolute Gasteiger partial charge is 0.231 e. The molecule has 2 heterocycles. The summed E-state index contributed by atoms with van der Waals surface area (Å²) in [5.41, 5.74) is 4.56. The van der Waals surface area contributed by atoms with E-state index < -0.39 is 0 Å². The van der Waals surface area contributed by atoms with Crippen LogP contribution < -0.4 is 4.74 Å². The van der Waals surface area contributed by atoms with E-state index in [1.165, 1.54) is 12.1 Å². The van der Waals surface area contributed by atoms with Gasteiger partial charge in [0.25, 0.3) is 0 Å². The average Bonchev–Trinajstić information content (AvgIpc) is 3.17. The average molecular weight is 367 g/mol. The van der Waals surface area contributed by atoms with E-state index in [0.717, 1.165) is 27.7 Å². The van der Waals surface area contributed by atoms with Crippen molar-refractivity contribution in [3.05, 3.63) is 89.7 Å². The van der Waals surface area contributed by atoms with E-state index >= 15 is 0 Å². The summed E-state index contributed by atoms with van der Waals surface area (Å²) in [6, 6.07) is 22.8. The Labute approximate surface area is 161 Å². The molecule has 1 aliphatic heterocycles. The van der Waals surface area contributed by atoms with Gasteiger partial charge in [-0.2, -0.15) is 0 Å². The lowest BCUT2D eigenvalue weighted by Gasteiger charge is -2.07. The SMILES string of the molecule is Cn1c(-c2ccccc2)c(/C=C2\Oc3cc(O)ccc3C2=O)c2ccccc21. The molecule has 0 bridgehead atoms. The van der Waals surface area contributed by atoms with Crippen molar-refractivity contribution in [2.45, 2.75) is 0 Å². The Kier molecular flexibility index (Phi) is 3.59. The first-order valence-electron chi connectivity index (χ1n) is 9.03. The zero-order valence-corrected chi connectivity index (χ0v) is 15.2. The standard InChI is InChI=1S/C24H17NO3/c1-25-20-10-6-5-9-17(20)19(23(25)15-7-3-2-4-8-15)14-22-24(27)18-12-11-16(26)13-21(18)28-22/h2-14,26H,1H3/b22-14-. The number of aromatic nitrogens is 1. The number of ketones is 1. The van der Waals surface area contributed by atoms with Gasteiger partial charge in [0.1, 0.15) is 11.5 Å². The van der Waals surface area contributed by atoms with Crippen LogP contribution in [0.3, 0.4) is 0 Å². The summed E-state index contributed by atoms with van der Waals surface area (Å²) in [6.07, 6.45) is 1.81. The fraction of sp³-hybridized carbons (Fsp3) is 0.0417. The Morgan fingerprint density at radius 2 is 1.71 bits per heavy atom. The first-order valence-corrected chi connectivity index (χ1v) is 9.03. The van der Waals surface area contributed by atoms with Gasteiger partial charge in [-0.15, -0.1) is 0 Å². The lowest BCUT2D eigenvalue weighted by atomic mass is 10.0. The van der Waals surface area contributed by atoms with E-state index in [4.69, 9.17) is 4.74 Å². The van der Waals surface area contributed by atoms with E-state index in [0.29, 0.717) is 11.3 Å². The van der Waals surface area contributed by atoms with E-state index in [1.807, 2.05) is 49.5 Å². The number of hydrogen-bond donors (Lipinski definition) is 1. The molecule has 1 N–H and O–H groups in total. The van der Waals surface area contributed by atoms with Gasteiger partial charge in [-0.3, -0.25) is 4.79 Å². The normalized spacial score (nSPS) is 14.5. The molecule has 4 heteroatoms. The van der Waals surface area contributed by atoms with Crippen LogP contribution in [0.2, 0.25) is 0 Å². The summed E-state index contributed by atoms with van der Waals surface area (Å²) in [7, 11) is 2.02. The van der Waals surface area contributed by atoms with E-state index in [9.17, 15) is 9.90 Å². The van der Waals surface area contributed by atoms with E-state index in [1.54, 1.807) is 6.07 Å². The number of fused-ring (bicyclic) bond motifs is 2. The van der Waals surface area contributed by atoms with E-state index in [-0.39, 0.29) is 17.3 Å². The fourth-order valence-corrected chi connectivity index (χ4v) is 3.82. The summed E-state index contributed by atoms with van der Waals surface area (Å²) in [4.78, 5) is 12.8. The summed E-state index contributed by atoms with van der Waals surface area (Å²) >= 11 is 0. The first-order chi connectivity index (χ1) is 13.6. The third-order valence-corrected chi connectivity index (χ3v) is 5.12. The number of allylic oxidation sites excluding steroid dienone is 1. The monoisotopic (exact) mass is 367 g/mol. The molecule has 0 atom stereocenters. The van der Waals surface area contributed by atoms with Gasteiger partial charge in [0.15, 0.2) is 5.76 Å². The van der Waals surface area contributed by atoms with Gasteiger partial charge >= 0.3 is 0 Å². The van der Waals surface area contributed by atoms with Crippen LogP contribution in [-0.2, 0) is 7.05 Å².